The van der Waals surface area contributed by atoms with Crippen molar-refractivity contribution in [2.45, 2.75) is 12.8 Å². The fourth-order valence-corrected chi connectivity index (χ4v) is 2.21. The summed E-state index contributed by atoms with van der Waals surface area (Å²) in [4.78, 5) is 0. The van der Waals surface area contributed by atoms with Gasteiger partial charge >= 0.3 is 0 Å². The van der Waals surface area contributed by atoms with Crippen molar-refractivity contribution < 1.29 is 0 Å². The van der Waals surface area contributed by atoms with E-state index in [9.17, 15) is 0 Å². The first-order chi connectivity index (χ1) is 8.33. The molecule has 0 spiro atoms. The standard InChI is InChI=1S/C15H16ClN/c16-15-10-4-3-9-14(15)13-8-2-1-6-12(13)7-5-11-17/h1-4,6,8-10H,5,7,11,17H2. The Morgan fingerprint density at radius 1 is 0.882 bits per heavy atom. The molecule has 2 heteroatoms. The lowest BCUT2D eigenvalue weighted by atomic mass is 9.97. The third kappa shape index (κ3) is 2.87. The molecule has 0 saturated carbocycles. The molecule has 1 nitrogen and oxygen atoms in total. The number of hydrogen-bond acceptors (Lipinski definition) is 1. The number of nitrogens with two attached hydrogens (primary N) is 1. The third-order valence-electron chi connectivity index (χ3n) is 2.83. The van der Waals surface area contributed by atoms with Crippen LogP contribution in [0, 0.1) is 0 Å². The van der Waals surface area contributed by atoms with E-state index < -0.39 is 0 Å². The summed E-state index contributed by atoms with van der Waals surface area (Å²) in [6, 6.07) is 16.3. The van der Waals surface area contributed by atoms with Crippen LogP contribution in [0.25, 0.3) is 11.1 Å². The molecule has 0 bridgehead atoms. The average molecular weight is 246 g/mol. The summed E-state index contributed by atoms with van der Waals surface area (Å²) in [7, 11) is 0. The second-order valence-corrected chi connectivity index (χ2v) is 4.44. The summed E-state index contributed by atoms with van der Waals surface area (Å²) in [5.41, 5.74) is 9.19. The summed E-state index contributed by atoms with van der Waals surface area (Å²) in [5.74, 6) is 0. The van der Waals surface area contributed by atoms with Crippen LogP contribution in [-0.2, 0) is 6.42 Å². The van der Waals surface area contributed by atoms with E-state index in [4.69, 9.17) is 17.3 Å². The lowest BCUT2D eigenvalue weighted by Crippen LogP contribution is -2.01. The highest BCUT2D eigenvalue weighted by Gasteiger charge is 2.06. The van der Waals surface area contributed by atoms with Crippen molar-refractivity contribution in [2.24, 2.45) is 5.73 Å². The zero-order valence-corrected chi connectivity index (χ0v) is 10.5. The largest absolute Gasteiger partial charge is 0.330 e. The third-order valence-corrected chi connectivity index (χ3v) is 3.16. The van der Waals surface area contributed by atoms with Crippen molar-refractivity contribution in [2.75, 3.05) is 6.54 Å². The molecule has 0 fully saturated rings. The summed E-state index contributed by atoms with van der Waals surface area (Å²) in [6.45, 7) is 0.719. The molecule has 2 aromatic rings. The van der Waals surface area contributed by atoms with Gasteiger partial charge < -0.3 is 5.73 Å². The fourth-order valence-electron chi connectivity index (χ4n) is 1.97. The van der Waals surface area contributed by atoms with Crippen molar-refractivity contribution >= 4 is 11.6 Å². The molecule has 0 atom stereocenters. The Morgan fingerprint density at radius 3 is 2.24 bits per heavy atom. The minimum absolute atomic E-state index is 0.719. The zero-order valence-electron chi connectivity index (χ0n) is 9.70. The van der Waals surface area contributed by atoms with Crippen molar-refractivity contribution in [3.05, 3.63) is 59.1 Å². The maximum absolute atomic E-state index is 6.24. The van der Waals surface area contributed by atoms with E-state index in [2.05, 4.69) is 24.3 Å². The van der Waals surface area contributed by atoms with E-state index in [-0.39, 0.29) is 0 Å². The molecule has 0 aliphatic carbocycles. The smallest absolute Gasteiger partial charge is 0.0484 e. The van der Waals surface area contributed by atoms with Gasteiger partial charge in [0.1, 0.15) is 0 Å². The van der Waals surface area contributed by atoms with Gasteiger partial charge in [0.15, 0.2) is 0 Å². The molecule has 0 aromatic heterocycles. The maximum atomic E-state index is 6.24. The summed E-state index contributed by atoms with van der Waals surface area (Å²) in [6.07, 6.45) is 2.00. The minimum Gasteiger partial charge on any atom is -0.330 e. The highest BCUT2D eigenvalue weighted by atomic mass is 35.5. The minimum atomic E-state index is 0.719. The van der Waals surface area contributed by atoms with Crippen LogP contribution in [0.5, 0.6) is 0 Å². The van der Waals surface area contributed by atoms with Gasteiger partial charge in [-0.2, -0.15) is 0 Å². The van der Waals surface area contributed by atoms with Crippen molar-refractivity contribution in [1.82, 2.24) is 0 Å². The zero-order chi connectivity index (χ0) is 12.1. The molecule has 17 heavy (non-hydrogen) atoms. The van der Waals surface area contributed by atoms with Crippen LogP contribution in [0.1, 0.15) is 12.0 Å². The lowest BCUT2D eigenvalue weighted by molar-refractivity contribution is 0.834. The quantitative estimate of drug-likeness (QED) is 0.869. The average Bonchev–Trinajstić information content (AvgIpc) is 2.37. The Labute approximate surface area is 107 Å². The van der Waals surface area contributed by atoms with Gasteiger partial charge in [0.2, 0.25) is 0 Å². The molecule has 0 radical (unpaired) electrons. The van der Waals surface area contributed by atoms with Gasteiger partial charge in [0, 0.05) is 10.6 Å². The molecule has 88 valence electrons. The highest BCUT2D eigenvalue weighted by molar-refractivity contribution is 6.33. The summed E-state index contributed by atoms with van der Waals surface area (Å²) >= 11 is 6.24. The van der Waals surface area contributed by atoms with E-state index in [0.29, 0.717) is 0 Å². The van der Waals surface area contributed by atoms with E-state index in [1.807, 2.05) is 24.3 Å². The lowest BCUT2D eigenvalue weighted by Gasteiger charge is -2.10. The molecule has 0 heterocycles. The van der Waals surface area contributed by atoms with E-state index in [0.717, 1.165) is 30.0 Å². The molecule has 0 saturated heterocycles. The normalized spacial score (nSPS) is 10.5. The first-order valence-corrected chi connectivity index (χ1v) is 6.23. The topological polar surface area (TPSA) is 26.0 Å². The SMILES string of the molecule is NCCCc1ccccc1-c1ccccc1Cl. The first-order valence-electron chi connectivity index (χ1n) is 5.86. The Balaban J connectivity index is 2.41. The number of hydrogen-bond donors (Lipinski definition) is 1. The van der Waals surface area contributed by atoms with Crippen LogP contribution in [0.3, 0.4) is 0 Å². The van der Waals surface area contributed by atoms with Crippen LogP contribution in [0.4, 0.5) is 0 Å². The maximum Gasteiger partial charge on any atom is 0.0484 e. The second-order valence-electron chi connectivity index (χ2n) is 4.03. The Bertz CT molecular complexity index is 494. The van der Waals surface area contributed by atoms with Gasteiger partial charge in [-0.15, -0.1) is 0 Å². The highest BCUT2D eigenvalue weighted by Crippen LogP contribution is 2.30. The van der Waals surface area contributed by atoms with Crippen molar-refractivity contribution in [1.29, 1.82) is 0 Å². The van der Waals surface area contributed by atoms with Gasteiger partial charge in [-0.1, -0.05) is 54.1 Å². The molecule has 0 aliphatic rings. The van der Waals surface area contributed by atoms with Gasteiger partial charge in [0.25, 0.3) is 0 Å². The number of halogens is 1. The number of aryl methyl sites for hydroxylation is 1. The Morgan fingerprint density at radius 2 is 1.53 bits per heavy atom. The predicted octanol–water partition coefficient (Wildman–Crippen LogP) is 3.90. The number of rotatable bonds is 4. The van der Waals surface area contributed by atoms with Gasteiger partial charge in [-0.3, -0.25) is 0 Å². The van der Waals surface area contributed by atoms with E-state index in [1.54, 1.807) is 0 Å². The monoisotopic (exact) mass is 245 g/mol. The predicted molar refractivity (Wildman–Crippen MR) is 74.3 cm³/mol. The van der Waals surface area contributed by atoms with Crippen molar-refractivity contribution in [3.8, 4) is 11.1 Å². The van der Waals surface area contributed by atoms with Gasteiger partial charge in [0.05, 0.1) is 0 Å². The molecule has 2 N–H and O–H groups in total. The van der Waals surface area contributed by atoms with E-state index in [1.165, 1.54) is 11.1 Å². The molecule has 0 unspecified atom stereocenters. The van der Waals surface area contributed by atoms with Crippen LogP contribution < -0.4 is 5.73 Å². The molecule has 0 amide bonds. The second kappa shape index (κ2) is 5.85. The molecule has 2 rings (SSSR count). The first kappa shape index (κ1) is 12.2. The van der Waals surface area contributed by atoms with E-state index >= 15 is 0 Å². The molecular formula is C15H16ClN. The molecular weight excluding hydrogens is 230 g/mol. The number of benzene rings is 2. The molecule has 2 aromatic carbocycles. The summed E-state index contributed by atoms with van der Waals surface area (Å²) < 4.78 is 0. The van der Waals surface area contributed by atoms with Crippen molar-refractivity contribution in [3.63, 3.8) is 0 Å². The van der Waals surface area contributed by atoms with Crippen LogP contribution in [0.15, 0.2) is 48.5 Å². The molecule has 0 aliphatic heterocycles. The fraction of sp³-hybridized carbons (Fsp3) is 0.200. The van der Waals surface area contributed by atoms with Crippen LogP contribution >= 0.6 is 11.6 Å². The van der Waals surface area contributed by atoms with Crippen LogP contribution in [-0.4, -0.2) is 6.54 Å². The Kier molecular flexibility index (Phi) is 4.18. The summed E-state index contributed by atoms with van der Waals surface area (Å²) in [5, 5.41) is 0.799. The van der Waals surface area contributed by atoms with Gasteiger partial charge in [-0.05, 0) is 36.6 Å². The van der Waals surface area contributed by atoms with Crippen LogP contribution in [0.2, 0.25) is 5.02 Å². The Hall–Kier alpha value is -1.31. The van der Waals surface area contributed by atoms with Gasteiger partial charge in [-0.25, -0.2) is 0 Å².